The molecule has 0 N–H and O–H groups in total. The highest BCUT2D eigenvalue weighted by molar-refractivity contribution is 5.74. The Morgan fingerprint density at radius 1 is 0.952 bits per heavy atom. The Bertz CT molecular complexity index is 261. The Balaban J connectivity index is 3.35. The minimum absolute atomic E-state index is 0.383. The molecule has 0 saturated heterocycles. The lowest BCUT2D eigenvalue weighted by Gasteiger charge is -2.38. The van der Waals surface area contributed by atoms with E-state index in [1.807, 2.05) is 0 Å². The van der Waals surface area contributed by atoms with E-state index in [4.69, 9.17) is 4.74 Å². The van der Waals surface area contributed by atoms with Gasteiger partial charge < -0.3 is 14.6 Å². The topological polar surface area (TPSA) is 49.4 Å². The zero-order chi connectivity index (χ0) is 16.1. The number of rotatable bonds is 13. The summed E-state index contributed by atoms with van der Waals surface area (Å²) in [4.78, 5) is 11.6. The zero-order valence-corrected chi connectivity index (χ0v) is 14.5. The monoisotopic (exact) mass is 301 g/mol. The summed E-state index contributed by atoms with van der Waals surface area (Å²) in [7, 11) is 2.93. The highest BCUT2D eigenvalue weighted by Crippen LogP contribution is 2.11. The minimum Gasteiger partial charge on any atom is -0.633 e. The summed E-state index contributed by atoms with van der Waals surface area (Å²) >= 11 is 0. The molecule has 0 rings (SSSR count). The predicted molar refractivity (Wildman–Crippen MR) is 87.7 cm³/mol. The van der Waals surface area contributed by atoms with Gasteiger partial charge in [0.1, 0.15) is 0 Å². The molecule has 4 heteroatoms. The van der Waals surface area contributed by atoms with E-state index in [0.29, 0.717) is 6.61 Å². The Hall–Kier alpha value is -0.610. The highest BCUT2D eigenvalue weighted by Gasteiger charge is 2.24. The zero-order valence-electron chi connectivity index (χ0n) is 14.5. The van der Waals surface area contributed by atoms with Gasteiger partial charge in [-0.3, -0.25) is 0 Å². The van der Waals surface area contributed by atoms with Gasteiger partial charge in [-0.05, 0) is 13.3 Å². The summed E-state index contributed by atoms with van der Waals surface area (Å²) < 4.78 is 4.52. The fourth-order valence-corrected chi connectivity index (χ4v) is 2.14. The Kier molecular flexibility index (Phi) is 11.6. The molecule has 126 valence electrons. The van der Waals surface area contributed by atoms with Crippen LogP contribution in [0.3, 0.4) is 0 Å². The molecule has 0 aliphatic rings. The van der Waals surface area contributed by atoms with E-state index >= 15 is 0 Å². The standard InChI is InChI=1S/C17H35NO3/c1-5-6-7-8-9-10-11-12-13-14-15-21-17(19)16(2)18(3,4)20/h16H,5-15H2,1-4H3. The van der Waals surface area contributed by atoms with E-state index in [1.54, 1.807) is 6.92 Å². The van der Waals surface area contributed by atoms with Crippen molar-refractivity contribution in [1.29, 1.82) is 0 Å². The summed E-state index contributed by atoms with van der Waals surface area (Å²) in [6.07, 6.45) is 12.6. The molecular formula is C17H35NO3. The molecule has 0 spiro atoms. The normalized spacial score (nSPS) is 13.2. The smallest absolute Gasteiger partial charge is 0.364 e. The highest BCUT2D eigenvalue weighted by atomic mass is 16.6. The second-order valence-corrected chi connectivity index (χ2v) is 6.46. The van der Waals surface area contributed by atoms with E-state index in [-0.39, 0.29) is 5.97 Å². The van der Waals surface area contributed by atoms with Gasteiger partial charge in [0, 0.05) is 0 Å². The number of likely N-dealkylation sites (N-methyl/N-ethyl adjacent to an activating group) is 1. The third-order valence-electron chi connectivity index (χ3n) is 4.02. The van der Waals surface area contributed by atoms with Crippen molar-refractivity contribution in [2.75, 3.05) is 20.7 Å². The fraction of sp³-hybridized carbons (Fsp3) is 0.941. The van der Waals surface area contributed by atoms with Crippen molar-refractivity contribution in [2.45, 2.75) is 84.1 Å². The second kappa shape index (κ2) is 12.0. The van der Waals surface area contributed by atoms with Gasteiger partial charge in [0.2, 0.25) is 0 Å². The first-order valence-corrected chi connectivity index (χ1v) is 8.61. The molecule has 0 aromatic rings. The van der Waals surface area contributed by atoms with E-state index in [1.165, 1.54) is 65.5 Å². The van der Waals surface area contributed by atoms with Crippen LogP contribution >= 0.6 is 0 Å². The molecule has 0 fully saturated rings. The quantitative estimate of drug-likeness (QED) is 0.219. The van der Waals surface area contributed by atoms with Gasteiger partial charge in [-0.25, -0.2) is 4.79 Å². The number of hydrogen-bond donors (Lipinski definition) is 0. The van der Waals surface area contributed by atoms with Crippen molar-refractivity contribution in [3.05, 3.63) is 5.21 Å². The first-order valence-electron chi connectivity index (χ1n) is 8.61. The van der Waals surface area contributed by atoms with Gasteiger partial charge in [-0.15, -0.1) is 0 Å². The lowest BCUT2D eigenvalue weighted by molar-refractivity contribution is -0.855. The molecule has 0 bridgehead atoms. The van der Waals surface area contributed by atoms with E-state index in [9.17, 15) is 10.0 Å². The number of unbranched alkanes of at least 4 members (excludes halogenated alkanes) is 9. The van der Waals surface area contributed by atoms with Crippen molar-refractivity contribution in [3.8, 4) is 0 Å². The largest absolute Gasteiger partial charge is 0.633 e. The molecule has 1 atom stereocenters. The molecule has 0 aromatic heterocycles. The van der Waals surface area contributed by atoms with Crippen LogP contribution in [0.25, 0.3) is 0 Å². The fourth-order valence-electron chi connectivity index (χ4n) is 2.14. The van der Waals surface area contributed by atoms with Gasteiger partial charge in [0.15, 0.2) is 6.04 Å². The molecule has 21 heavy (non-hydrogen) atoms. The summed E-state index contributed by atoms with van der Waals surface area (Å²) in [6.45, 7) is 4.30. The first kappa shape index (κ1) is 20.4. The van der Waals surface area contributed by atoms with Crippen LogP contribution in [0, 0.1) is 5.21 Å². The van der Waals surface area contributed by atoms with E-state index < -0.39 is 10.7 Å². The molecule has 1 unspecified atom stereocenters. The van der Waals surface area contributed by atoms with Crippen molar-refractivity contribution >= 4 is 5.97 Å². The van der Waals surface area contributed by atoms with Crippen LogP contribution in [-0.4, -0.2) is 37.4 Å². The van der Waals surface area contributed by atoms with Crippen LogP contribution < -0.4 is 0 Å². The molecule has 0 amide bonds. The van der Waals surface area contributed by atoms with Gasteiger partial charge in [-0.1, -0.05) is 64.7 Å². The Morgan fingerprint density at radius 3 is 1.81 bits per heavy atom. The average molecular weight is 301 g/mol. The van der Waals surface area contributed by atoms with Crippen LogP contribution in [0.1, 0.15) is 78.1 Å². The number of hydrogen-bond acceptors (Lipinski definition) is 3. The number of nitrogens with zero attached hydrogens (tertiary/aromatic N) is 1. The molecule has 0 aliphatic carbocycles. The van der Waals surface area contributed by atoms with Crippen molar-refractivity contribution in [2.24, 2.45) is 0 Å². The lowest BCUT2D eigenvalue weighted by atomic mass is 10.1. The molecule has 0 radical (unpaired) electrons. The summed E-state index contributed by atoms with van der Waals surface area (Å²) in [5.41, 5.74) is 0. The summed E-state index contributed by atoms with van der Waals surface area (Å²) in [5.74, 6) is -0.383. The van der Waals surface area contributed by atoms with Gasteiger partial charge in [-0.2, -0.15) is 0 Å². The number of hydroxylamine groups is 3. The Morgan fingerprint density at radius 2 is 1.38 bits per heavy atom. The third kappa shape index (κ3) is 11.7. The molecule has 0 saturated carbocycles. The number of ether oxygens (including phenoxy) is 1. The van der Waals surface area contributed by atoms with Gasteiger partial charge in [0.05, 0.1) is 20.7 Å². The molecule has 0 aliphatic heterocycles. The van der Waals surface area contributed by atoms with Crippen LogP contribution in [-0.2, 0) is 9.53 Å². The lowest BCUT2D eigenvalue weighted by Crippen LogP contribution is -2.47. The third-order valence-corrected chi connectivity index (χ3v) is 4.02. The number of carbonyl (C=O) groups excluding carboxylic acids is 1. The maximum Gasteiger partial charge on any atom is 0.364 e. The first-order chi connectivity index (χ1) is 9.89. The van der Waals surface area contributed by atoms with Crippen molar-refractivity contribution in [3.63, 3.8) is 0 Å². The molecule has 4 nitrogen and oxygen atoms in total. The van der Waals surface area contributed by atoms with Crippen LogP contribution in [0.15, 0.2) is 0 Å². The maximum atomic E-state index is 11.6. The minimum atomic E-state index is -0.645. The van der Waals surface area contributed by atoms with Crippen LogP contribution in [0.5, 0.6) is 0 Å². The number of carbonyl (C=O) groups is 1. The average Bonchev–Trinajstić information content (AvgIpc) is 2.42. The number of quaternary nitrogens is 1. The van der Waals surface area contributed by atoms with Gasteiger partial charge >= 0.3 is 5.97 Å². The molecule has 0 aromatic carbocycles. The molecular weight excluding hydrogens is 266 g/mol. The Labute approximate surface area is 131 Å². The van der Waals surface area contributed by atoms with Crippen LogP contribution in [0.2, 0.25) is 0 Å². The van der Waals surface area contributed by atoms with E-state index in [0.717, 1.165) is 12.8 Å². The van der Waals surface area contributed by atoms with E-state index in [2.05, 4.69) is 6.92 Å². The van der Waals surface area contributed by atoms with Gasteiger partial charge in [0.25, 0.3) is 0 Å². The maximum absolute atomic E-state index is 11.6. The summed E-state index contributed by atoms with van der Waals surface area (Å²) in [6, 6.07) is -0.645. The van der Waals surface area contributed by atoms with Crippen LogP contribution in [0.4, 0.5) is 0 Å². The SMILES string of the molecule is CCCCCCCCCCCCOC(=O)C(C)[N+](C)(C)[O-]. The van der Waals surface area contributed by atoms with Crippen molar-refractivity contribution in [1.82, 2.24) is 0 Å². The number of esters is 1. The predicted octanol–water partition coefficient (Wildman–Crippen LogP) is 4.41. The second-order valence-electron chi connectivity index (χ2n) is 6.46. The van der Waals surface area contributed by atoms with Crippen molar-refractivity contribution < 1.29 is 14.2 Å². The summed E-state index contributed by atoms with van der Waals surface area (Å²) in [5, 5.41) is 11.6. The molecule has 0 heterocycles.